The topological polar surface area (TPSA) is 73.4 Å². The van der Waals surface area contributed by atoms with Crippen LogP contribution in [-0.4, -0.2) is 29.9 Å². The molecule has 2 aliphatic rings. The SMILES string of the molecule is CN(C)N1C(N)=C(C#N)[C@H](c2cccc3ccccc23)C2=C1C[C@H](c1ccccc1)CC2=O. The number of carbonyl (C=O) groups excluding carboxylic acids is 1. The van der Waals surface area contributed by atoms with E-state index in [2.05, 4.69) is 36.4 Å². The van der Waals surface area contributed by atoms with Gasteiger partial charge in [-0.15, -0.1) is 0 Å². The number of hydrogen-bond acceptors (Lipinski definition) is 5. The van der Waals surface area contributed by atoms with E-state index < -0.39 is 5.92 Å². The Balaban J connectivity index is 1.74. The lowest BCUT2D eigenvalue weighted by atomic mass is 9.71. The van der Waals surface area contributed by atoms with Crippen molar-refractivity contribution in [2.75, 3.05) is 14.1 Å². The highest BCUT2D eigenvalue weighted by molar-refractivity contribution is 6.02. The van der Waals surface area contributed by atoms with Crippen molar-refractivity contribution in [1.82, 2.24) is 10.0 Å². The summed E-state index contributed by atoms with van der Waals surface area (Å²) >= 11 is 0. The fraction of sp³-hybridized carbons (Fsp3) is 0.214. The summed E-state index contributed by atoms with van der Waals surface area (Å²) in [6.45, 7) is 0. The largest absolute Gasteiger partial charge is 0.383 e. The molecule has 5 heteroatoms. The molecule has 164 valence electrons. The van der Waals surface area contributed by atoms with Gasteiger partial charge in [-0.2, -0.15) is 5.26 Å². The fourth-order valence-corrected chi connectivity index (χ4v) is 5.34. The molecule has 3 aromatic carbocycles. The van der Waals surface area contributed by atoms with Crippen LogP contribution in [0.5, 0.6) is 0 Å². The fourth-order valence-electron chi connectivity index (χ4n) is 5.34. The normalized spacial score (nSPS) is 20.9. The maximum Gasteiger partial charge on any atom is 0.162 e. The van der Waals surface area contributed by atoms with Gasteiger partial charge in [0.05, 0.1) is 17.6 Å². The number of benzene rings is 3. The average molecular weight is 435 g/mol. The third-order valence-electron chi connectivity index (χ3n) is 6.75. The molecule has 0 spiro atoms. The molecule has 2 atom stereocenters. The molecule has 0 fully saturated rings. The highest BCUT2D eigenvalue weighted by Gasteiger charge is 2.43. The highest BCUT2D eigenvalue weighted by atomic mass is 16.1. The molecule has 3 aromatic rings. The van der Waals surface area contributed by atoms with E-state index in [-0.39, 0.29) is 11.7 Å². The van der Waals surface area contributed by atoms with Gasteiger partial charge in [-0.3, -0.25) is 9.80 Å². The summed E-state index contributed by atoms with van der Waals surface area (Å²) in [4.78, 5) is 13.8. The molecule has 0 saturated heterocycles. The van der Waals surface area contributed by atoms with Crippen LogP contribution in [0.1, 0.15) is 35.8 Å². The molecule has 5 nitrogen and oxygen atoms in total. The number of nitrogens with zero attached hydrogens (tertiary/aromatic N) is 3. The number of hydrogen-bond donors (Lipinski definition) is 1. The Bertz CT molecular complexity index is 1340. The van der Waals surface area contributed by atoms with Crippen LogP contribution in [0.2, 0.25) is 0 Å². The maximum atomic E-state index is 13.8. The summed E-state index contributed by atoms with van der Waals surface area (Å²) in [5.74, 6) is 0.0665. The Morgan fingerprint density at radius 2 is 1.67 bits per heavy atom. The zero-order valence-electron chi connectivity index (χ0n) is 18.8. The molecule has 1 heterocycles. The van der Waals surface area contributed by atoms with Gasteiger partial charge in [0.15, 0.2) is 5.78 Å². The lowest BCUT2D eigenvalue weighted by Crippen LogP contribution is -2.46. The summed E-state index contributed by atoms with van der Waals surface area (Å²) in [6, 6.07) is 26.7. The van der Waals surface area contributed by atoms with Crippen LogP contribution in [0.3, 0.4) is 0 Å². The lowest BCUT2D eigenvalue weighted by molar-refractivity contribution is -0.117. The van der Waals surface area contributed by atoms with Gasteiger partial charge in [0, 0.05) is 31.8 Å². The van der Waals surface area contributed by atoms with Crippen LogP contribution in [0.4, 0.5) is 0 Å². The molecule has 1 aliphatic heterocycles. The van der Waals surface area contributed by atoms with E-state index in [1.54, 1.807) is 0 Å². The van der Waals surface area contributed by atoms with Crippen molar-refractivity contribution in [3.05, 3.63) is 107 Å². The number of nitrogens with two attached hydrogens (primary N) is 1. The van der Waals surface area contributed by atoms with Gasteiger partial charge in [0.1, 0.15) is 5.82 Å². The summed E-state index contributed by atoms with van der Waals surface area (Å²) in [5.41, 5.74) is 10.7. The number of fused-ring (bicyclic) bond motifs is 1. The molecule has 0 aromatic heterocycles. The number of carbonyl (C=O) groups is 1. The summed E-state index contributed by atoms with van der Waals surface area (Å²) in [5, 5.41) is 16.0. The van der Waals surface area contributed by atoms with Crippen molar-refractivity contribution in [3.8, 4) is 6.07 Å². The zero-order valence-corrected chi connectivity index (χ0v) is 18.8. The summed E-state index contributed by atoms with van der Waals surface area (Å²) in [7, 11) is 3.78. The zero-order chi connectivity index (χ0) is 23.1. The first-order valence-corrected chi connectivity index (χ1v) is 11.2. The molecule has 0 amide bonds. The lowest BCUT2D eigenvalue weighted by Gasteiger charge is -2.44. The number of allylic oxidation sites excluding steroid dienone is 3. The number of Topliss-reactive ketones (excluding diaryl/α,β-unsaturated/α-hetero) is 1. The Labute approximate surface area is 194 Å². The monoisotopic (exact) mass is 434 g/mol. The minimum Gasteiger partial charge on any atom is -0.383 e. The first-order chi connectivity index (χ1) is 16.0. The van der Waals surface area contributed by atoms with E-state index in [1.807, 2.05) is 66.6 Å². The van der Waals surface area contributed by atoms with E-state index >= 15 is 0 Å². The van der Waals surface area contributed by atoms with Crippen molar-refractivity contribution in [3.63, 3.8) is 0 Å². The molecule has 1 aliphatic carbocycles. The average Bonchev–Trinajstić information content (AvgIpc) is 2.83. The van der Waals surface area contributed by atoms with Gasteiger partial charge < -0.3 is 5.73 Å². The van der Waals surface area contributed by atoms with Crippen LogP contribution in [0, 0.1) is 11.3 Å². The van der Waals surface area contributed by atoms with Crippen LogP contribution >= 0.6 is 0 Å². The summed E-state index contributed by atoms with van der Waals surface area (Å²) in [6.07, 6.45) is 1.11. The molecule has 0 bridgehead atoms. The molecular weight excluding hydrogens is 408 g/mol. The van der Waals surface area contributed by atoms with E-state index in [4.69, 9.17) is 5.73 Å². The second-order valence-electron chi connectivity index (χ2n) is 8.87. The van der Waals surface area contributed by atoms with E-state index in [0.29, 0.717) is 29.8 Å². The minimum atomic E-state index is -0.475. The Morgan fingerprint density at radius 1 is 0.970 bits per heavy atom. The van der Waals surface area contributed by atoms with Crippen LogP contribution in [0.25, 0.3) is 10.8 Å². The molecule has 2 N–H and O–H groups in total. The Morgan fingerprint density at radius 3 is 2.39 bits per heavy atom. The molecule has 33 heavy (non-hydrogen) atoms. The van der Waals surface area contributed by atoms with E-state index in [0.717, 1.165) is 27.6 Å². The second kappa shape index (κ2) is 8.23. The van der Waals surface area contributed by atoms with Crippen molar-refractivity contribution in [2.45, 2.75) is 24.7 Å². The van der Waals surface area contributed by atoms with Gasteiger partial charge in [0.25, 0.3) is 0 Å². The van der Waals surface area contributed by atoms with Gasteiger partial charge in [-0.25, -0.2) is 5.01 Å². The summed E-state index contributed by atoms with van der Waals surface area (Å²) < 4.78 is 0. The van der Waals surface area contributed by atoms with Crippen molar-refractivity contribution in [1.29, 1.82) is 5.26 Å². The molecule has 0 unspecified atom stereocenters. The number of ketones is 1. The third-order valence-corrected chi connectivity index (χ3v) is 6.75. The predicted octanol–water partition coefficient (Wildman–Crippen LogP) is 4.81. The third kappa shape index (κ3) is 3.40. The standard InChI is InChI=1S/C28H26N4O/c1-31(2)32-24-15-20(18-9-4-3-5-10-18)16-25(33)27(24)26(23(17-29)28(32)30)22-14-8-12-19-11-6-7-13-21(19)22/h3-14,20,26H,15-16,30H2,1-2H3/t20-,26-/m0/s1. The van der Waals surface area contributed by atoms with Gasteiger partial charge in [0.2, 0.25) is 0 Å². The quantitative estimate of drug-likeness (QED) is 0.640. The Kier molecular flexibility index (Phi) is 5.24. The Hall–Kier alpha value is -3.88. The first-order valence-electron chi connectivity index (χ1n) is 11.2. The van der Waals surface area contributed by atoms with Gasteiger partial charge in [-0.1, -0.05) is 72.8 Å². The maximum absolute atomic E-state index is 13.8. The predicted molar refractivity (Wildman–Crippen MR) is 129 cm³/mol. The van der Waals surface area contributed by atoms with Gasteiger partial charge >= 0.3 is 0 Å². The van der Waals surface area contributed by atoms with Gasteiger partial charge in [-0.05, 0) is 34.2 Å². The van der Waals surface area contributed by atoms with Crippen molar-refractivity contribution < 1.29 is 4.79 Å². The van der Waals surface area contributed by atoms with Crippen LogP contribution < -0.4 is 5.73 Å². The smallest absolute Gasteiger partial charge is 0.162 e. The number of hydrazine groups is 1. The van der Waals surface area contributed by atoms with Crippen molar-refractivity contribution >= 4 is 16.6 Å². The van der Waals surface area contributed by atoms with Crippen molar-refractivity contribution in [2.24, 2.45) is 5.73 Å². The molecule has 5 rings (SSSR count). The minimum absolute atomic E-state index is 0.0736. The van der Waals surface area contributed by atoms with Crippen LogP contribution in [0.15, 0.2) is 95.5 Å². The highest BCUT2D eigenvalue weighted by Crippen LogP contribution is 2.49. The molecular formula is C28H26N4O. The van der Waals surface area contributed by atoms with E-state index in [1.165, 1.54) is 0 Å². The number of rotatable bonds is 3. The molecule has 0 radical (unpaired) electrons. The molecule has 0 saturated carbocycles. The van der Waals surface area contributed by atoms with E-state index in [9.17, 15) is 10.1 Å². The number of nitriles is 1. The van der Waals surface area contributed by atoms with Crippen LogP contribution in [-0.2, 0) is 4.79 Å². The first kappa shape index (κ1) is 21.0. The second-order valence-corrected chi connectivity index (χ2v) is 8.87.